The second-order valence-electron chi connectivity index (χ2n) is 9.82. The quantitative estimate of drug-likeness (QED) is 0.305. The molecule has 0 aromatic heterocycles. The highest BCUT2D eigenvalue weighted by Gasteiger charge is 2.13. The van der Waals surface area contributed by atoms with E-state index in [0.29, 0.717) is 17.0 Å². The van der Waals surface area contributed by atoms with E-state index in [2.05, 4.69) is 38.3 Å². The summed E-state index contributed by atoms with van der Waals surface area (Å²) in [6, 6.07) is 20.6. The third kappa shape index (κ3) is 8.58. The van der Waals surface area contributed by atoms with Gasteiger partial charge in [0, 0.05) is 60.2 Å². The lowest BCUT2D eigenvalue weighted by atomic mass is 10.1. The molecule has 3 aromatic rings. The number of hydrogen-bond donors (Lipinski definition) is 2. The Morgan fingerprint density at radius 1 is 0.737 bits per heavy atom. The van der Waals surface area contributed by atoms with Crippen LogP contribution in [0.5, 0.6) is 0 Å². The second-order valence-corrected chi connectivity index (χ2v) is 10.2. The van der Waals surface area contributed by atoms with Crippen molar-refractivity contribution in [2.75, 3.05) is 62.7 Å². The molecule has 0 bridgehead atoms. The molecule has 8 heteroatoms. The summed E-state index contributed by atoms with van der Waals surface area (Å²) < 4.78 is 0. The summed E-state index contributed by atoms with van der Waals surface area (Å²) in [5.41, 5.74) is 5.64. The average molecular weight is 536 g/mol. The summed E-state index contributed by atoms with van der Waals surface area (Å²) in [6.07, 6.45) is 0. The molecule has 0 aliphatic heterocycles. The molecule has 0 heterocycles. The number of anilines is 3. The summed E-state index contributed by atoms with van der Waals surface area (Å²) in [4.78, 5) is 32.2. The number of nitrogens with one attached hydrogen (secondary N) is 2. The van der Waals surface area contributed by atoms with E-state index in [9.17, 15) is 9.59 Å². The minimum atomic E-state index is -0.235. The van der Waals surface area contributed by atoms with E-state index in [0.717, 1.165) is 54.4 Å². The molecule has 2 N–H and O–H groups in total. The van der Waals surface area contributed by atoms with Gasteiger partial charge in [0.15, 0.2) is 0 Å². The topological polar surface area (TPSA) is 67.9 Å². The molecule has 3 rings (SSSR count). The van der Waals surface area contributed by atoms with Crippen LogP contribution in [0.25, 0.3) is 0 Å². The highest BCUT2D eigenvalue weighted by atomic mass is 35.5. The van der Waals surface area contributed by atoms with Crippen LogP contribution in [0.15, 0.2) is 66.7 Å². The van der Waals surface area contributed by atoms with Crippen molar-refractivity contribution in [3.8, 4) is 0 Å². The third-order valence-electron chi connectivity index (χ3n) is 5.93. The summed E-state index contributed by atoms with van der Waals surface area (Å²) in [5.74, 6) is 0.0650. The minimum absolute atomic E-state index is 0.223. The Morgan fingerprint density at radius 3 is 1.84 bits per heavy atom. The maximum atomic E-state index is 13.1. The zero-order chi connectivity index (χ0) is 27.7. The predicted molar refractivity (Wildman–Crippen MR) is 159 cm³/mol. The van der Waals surface area contributed by atoms with Crippen LogP contribution < -0.4 is 15.5 Å². The normalized spacial score (nSPS) is 11.1. The van der Waals surface area contributed by atoms with Crippen LogP contribution in [0.2, 0.25) is 0 Å². The summed E-state index contributed by atoms with van der Waals surface area (Å²) >= 11 is 6.01. The first-order valence-corrected chi connectivity index (χ1v) is 13.3. The Balaban J connectivity index is 1.72. The van der Waals surface area contributed by atoms with E-state index < -0.39 is 0 Å². The molecule has 0 unspecified atom stereocenters. The van der Waals surface area contributed by atoms with Crippen LogP contribution >= 0.6 is 11.6 Å². The second kappa shape index (κ2) is 14.0. The van der Waals surface area contributed by atoms with Gasteiger partial charge >= 0.3 is 0 Å². The van der Waals surface area contributed by atoms with E-state index in [1.165, 1.54) is 0 Å². The number of carbonyl (C=O) groups is 2. The number of rotatable bonds is 12. The van der Waals surface area contributed by atoms with Crippen molar-refractivity contribution in [2.24, 2.45) is 0 Å². The molecule has 38 heavy (non-hydrogen) atoms. The third-order valence-corrected chi connectivity index (χ3v) is 6.10. The van der Waals surface area contributed by atoms with Gasteiger partial charge in [-0.25, -0.2) is 0 Å². The number of amides is 2. The van der Waals surface area contributed by atoms with Crippen LogP contribution in [0.3, 0.4) is 0 Å². The lowest BCUT2D eigenvalue weighted by molar-refractivity contribution is 0.101. The van der Waals surface area contributed by atoms with E-state index >= 15 is 0 Å². The molecule has 0 radical (unpaired) electrons. The van der Waals surface area contributed by atoms with Crippen LogP contribution in [0, 0.1) is 0 Å². The van der Waals surface area contributed by atoms with Crippen molar-refractivity contribution in [3.05, 3.63) is 89.0 Å². The van der Waals surface area contributed by atoms with Gasteiger partial charge < -0.3 is 25.3 Å². The maximum absolute atomic E-state index is 13.1. The van der Waals surface area contributed by atoms with Crippen molar-refractivity contribution in [2.45, 2.75) is 20.0 Å². The molecule has 0 aliphatic carbocycles. The first-order chi connectivity index (χ1) is 18.2. The van der Waals surface area contributed by atoms with Crippen LogP contribution in [0.4, 0.5) is 17.1 Å². The number of hydrogen-bond acceptors (Lipinski definition) is 5. The fraction of sp³-hybridized carbons (Fsp3) is 0.333. The highest BCUT2D eigenvalue weighted by Crippen LogP contribution is 2.24. The largest absolute Gasteiger partial charge is 0.371 e. The SMILES string of the molecule is CCN(CCCl)c1cc(CN(C)C)cc(NC(=O)c2ccc(C(=O)Nc3cccc(CN(C)C)c3)cc2)c1. The molecule has 0 aliphatic rings. The smallest absolute Gasteiger partial charge is 0.255 e. The predicted octanol–water partition coefficient (Wildman–Crippen LogP) is 5.38. The molecule has 0 spiro atoms. The summed E-state index contributed by atoms with van der Waals surface area (Å²) in [7, 11) is 8.03. The zero-order valence-corrected chi connectivity index (χ0v) is 23.7. The molecular weight excluding hydrogens is 498 g/mol. The molecule has 0 atom stereocenters. The van der Waals surface area contributed by atoms with Gasteiger partial charge in [0.25, 0.3) is 11.8 Å². The van der Waals surface area contributed by atoms with Crippen molar-refractivity contribution in [1.82, 2.24) is 9.80 Å². The van der Waals surface area contributed by atoms with Gasteiger partial charge in [0.2, 0.25) is 0 Å². The Kier molecular flexibility index (Phi) is 10.7. The minimum Gasteiger partial charge on any atom is -0.371 e. The van der Waals surface area contributed by atoms with Gasteiger partial charge in [0.05, 0.1) is 0 Å². The highest BCUT2D eigenvalue weighted by molar-refractivity contribution is 6.18. The zero-order valence-electron chi connectivity index (χ0n) is 22.9. The van der Waals surface area contributed by atoms with Gasteiger partial charge in [-0.05, 0) is 101 Å². The molecule has 0 fully saturated rings. The Labute approximate surface area is 231 Å². The molecule has 0 saturated carbocycles. The standard InChI is InChI=1S/C30H38ClN5O2/c1-6-36(15-14-31)28-18-23(21-35(4)5)17-27(19-28)33-30(38)25-12-10-24(11-13-25)29(37)32-26-9-7-8-22(16-26)20-34(2)3/h7-13,16-19H,6,14-15,20-21H2,1-5H3,(H,32,37)(H,33,38). The fourth-order valence-corrected chi connectivity index (χ4v) is 4.45. The van der Waals surface area contributed by atoms with Gasteiger partial charge in [-0.15, -0.1) is 11.6 Å². The number of alkyl halides is 1. The van der Waals surface area contributed by atoms with E-state index in [-0.39, 0.29) is 11.8 Å². The fourth-order valence-electron chi connectivity index (χ4n) is 4.25. The van der Waals surface area contributed by atoms with E-state index in [1.807, 2.05) is 64.6 Å². The van der Waals surface area contributed by atoms with Crippen LogP contribution in [-0.2, 0) is 13.1 Å². The molecule has 7 nitrogen and oxygen atoms in total. The van der Waals surface area contributed by atoms with E-state index in [1.54, 1.807) is 24.3 Å². The number of nitrogens with zero attached hydrogens (tertiary/aromatic N) is 3. The summed E-state index contributed by atoms with van der Waals surface area (Å²) in [5, 5.41) is 5.96. The molecule has 3 aromatic carbocycles. The molecule has 202 valence electrons. The van der Waals surface area contributed by atoms with Gasteiger partial charge in [-0.3, -0.25) is 9.59 Å². The van der Waals surface area contributed by atoms with Crippen LogP contribution in [0.1, 0.15) is 38.8 Å². The number of carbonyl (C=O) groups excluding carboxylic acids is 2. The maximum Gasteiger partial charge on any atom is 0.255 e. The van der Waals surface area contributed by atoms with Gasteiger partial charge in [0.1, 0.15) is 0 Å². The van der Waals surface area contributed by atoms with Crippen molar-refractivity contribution in [1.29, 1.82) is 0 Å². The Bertz CT molecular complexity index is 1230. The van der Waals surface area contributed by atoms with Crippen molar-refractivity contribution >= 4 is 40.5 Å². The number of benzene rings is 3. The van der Waals surface area contributed by atoms with Crippen molar-refractivity contribution in [3.63, 3.8) is 0 Å². The molecular formula is C30H38ClN5O2. The summed E-state index contributed by atoms with van der Waals surface area (Å²) in [6.45, 7) is 5.16. The first-order valence-electron chi connectivity index (χ1n) is 12.7. The number of halogens is 1. The average Bonchev–Trinajstić information content (AvgIpc) is 2.86. The molecule has 0 saturated heterocycles. The van der Waals surface area contributed by atoms with Gasteiger partial charge in [-0.1, -0.05) is 12.1 Å². The molecule has 2 amide bonds. The van der Waals surface area contributed by atoms with Gasteiger partial charge in [-0.2, -0.15) is 0 Å². The van der Waals surface area contributed by atoms with Crippen molar-refractivity contribution < 1.29 is 9.59 Å². The monoisotopic (exact) mass is 535 g/mol. The van der Waals surface area contributed by atoms with Crippen LogP contribution in [-0.4, -0.2) is 68.8 Å². The first kappa shape index (κ1) is 29.2. The Hall–Kier alpha value is -3.39. The lowest BCUT2D eigenvalue weighted by Crippen LogP contribution is -2.25. The lowest BCUT2D eigenvalue weighted by Gasteiger charge is -2.24. The van der Waals surface area contributed by atoms with E-state index in [4.69, 9.17) is 11.6 Å². The Morgan fingerprint density at radius 2 is 1.29 bits per heavy atom.